The van der Waals surface area contributed by atoms with Gasteiger partial charge in [0, 0.05) is 25.4 Å². The lowest BCUT2D eigenvalue weighted by molar-refractivity contribution is -0.130. The summed E-state index contributed by atoms with van der Waals surface area (Å²) in [6.45, 7) is 6.25. The van der Waals surface area contributed by atoms with Crippen molar-refractivity contribution in [3.63, 3.8) is 0 Å². The van der Waals surface area contributed by atoms with Gasteiger partial charge in [-0.15, -0.1) is 0 Å². The normalized spacial score (nSPS) is 22.5. The molecule has 112 valence electrons. The average Bonchev–Trinajstić information content (AvgIpc) is 2.86. The maximum Gasteiger partial charge on any atom is 0.222 e. The molecule has 4 nitrogen and oxygen atoms in total. The highest BCUT2D eigenvalue weighted by Crippen LogP contribution is 2.22. The summed E-state index contributed by atoms with van der Waals surface area (Å²) in [5.74, 6) is 1.11. The minimum Gasteiger partial charge on any atom is -0.393 e. The van der Waals surface area contributed by atoms with E-state index in [1.165, 1.54) is 6.42 Å². The van der Waals surface area contributed by atoms with Crippen LogP contribution in [0.5, 0.6) is 0 Å². The number of carbonyl (C=O) groups is 1. The molecule has 0 radical (unpaired) electrons. The lowest BCUT2D eigenvalue weighted by atomic mass is 9.94. The molecule has 0 aromatic heterocycles. The van der Waals surface area contributed by atoms with Gasteiger partial charge in [-0.3, -0.25) is 4.79 Å². The number of amides is 1. The zero-order valence-electron chi connectivity index (χ0n) is 12.5. The molecule has 3 N–H and O–H groups in total. The van der Waals surface area contributed by atoms with E-state index in [1.54, 1.807) is 0 Å². The molecule has 1 aliphatic heterocycles. The monoisotopic (exact) mass is 270 g/mol. The van der Waals surface area contributed by atoms with Crippen molar-refractivity contribution in [2.75, 3.05) is 19.6 Å². The number of likely N-dealkylation sites (tertiary alicyclic amines) is 1. The Hall–Kier alpha value is -0.610. The summed E-state index contributed by atoms with van der Waals surface area (Å²) in [7, 11) is 0. The second-order valence-corrected chi connectivity index (χ2v) is 5.90. The van der Waals surface area contributed by atoms with E-state index in [0.29, 0.717) is 18.9 Å². The summed E-state index contributed by atoms with van der Waals surface area (Å²) in [4.78, 5) is 14.1. The Morgan fingerprint density at radius 3 is 2.68 bits per heavy atom. The molecule has 0 aromatic carbocycles. The Morgan fingerprint density at radius 2 is 2.16 bits per heavy atom. The van der Waals surface area contributed by atoms with Crippen LogP contribution in [0.2, 0.25) is 0 Å². The van der Waals surface area contributed by atoms with Gasteiger partial charge in [0.15, 0.2) is 0 Å². The molecule has 1 rings (SSSR count). The van der Waals surface area contributed by atoms with Gasteiger partial charge < -0.3 is 15.7 Å². The molecule has 1 heterocycles. The van der Waals surface area contributed by atoms with Crippen LogP contribution in [-0.4, -0.2) is 41.7 Å². The highest BCUT2D eigenvalue weighted by atomic mass is 16.3. The highest BCUT2D eigenvalue weighted by Gasteiger charge is 2.28. The third-order valence-corrected chi connectivity index (χ3v) is 4.30. The third kappa shape index (κ3) is 5.49. The van der Waals surface area contributed by atoms with Crippen molar-refractivity contribution >= 4 is 5.91 Å². The standard InChI is InChI=1S/C15H30N2O2/c1-3-4-13(7-9-16)5-6-15(19)17-10-8-14(11-17)12(2)18/h12-14,18H,3-11,16H2,1-2H3. The van der Waals surface area contributed by atoms with Crippen molar-refractivity contribution in [2.24, 2.45) is 17.6 Å². The van der Waals surface area contributed by atoms with Crippen LogP contribution >= 0.6 is 0 Å². The number of hydrogen-bond acceptors (Lipinski definition) is 3. The van der Waals surface area contributed by atoms with E-state index in [1.807, 2.05) is 11.8 Å². The van der Waals surface area contributed by atoms with Crippen molar-refractivity contribution in [1.82, 2.24) is 4.90 Å². The summed E-state index contributed by atoms with van der Waals surface area (Å²) in [5, 5.41) is 9.56. The molecule has 0 aliphatic carbocycles. The van der Waals surface area contributed by atoms with Crippen molar-refractivity contribution in [3.05, 3.63) is 0 Å². The molecule has 19 heavy (non-hydrogen) atoms. The number of nitrogens with zero attached hydrogens (tertiary/aromatic N) is 1. The Labute approximate surface area is 117 Å². The quantitative estimate of drug-likeness (QED) is 0.706. The largest absolute Gasteiger partial charge is 0.393 e. The van der Waals surface area contributed by atoms with Crippen LogP contribution in [0.15, 0.2) is 0 Å². The van der Waals surface area contributed by atoms with Gasteiger partial charge in [-0.1, -0.05) is 19.8 Å². The summed E-state index contributed by atoms with van der Waals surface area (Å²) in [6.07, 6.45) is 5.58. The molecule has 0 aromatic rings. The highest BCUT2D eigenvalue weighted by molar-refractivity contribution is 5.76. The molecule has 1 saturated heterocycles. The van der Waals surface area contributed by atoms with Gasteiger partial charge in [0.2, 0.25) is 5.91 Å². The minimum atomic E-state index is -0.303. The second-order valence-electron chi connectivity index (χ2n) is 5.90. The maximum atomic E-state index is 12.1. The fourth-order valence-electron chi connectivity index (χ4n) is 2.97. The van der Waals surface area contributed by atoms with Crippen LogP contribution in [0, 0.1) is 11.8 Å². The molecule has 1 aliphatic rings. The van der Waals surface area contributed by atoms with Crippen molar-refractivity contribution in [3.8, 4) is 0 Å². The molecule has 3 unspecified atom stereocenters. The molecule has 0 bridgehead atoms. The SMILES string of the molecule is CCCC(CCN)CCC(=O)N1CCC(C(C)O)C1. The van der Waals surface area contributed by atoms with E-state index < -0.39 is 0 Å². The smallest absolute Gasteiger partial charge is 0.222 e. The number of hydrogen-bond donors (Lipinski definition) is 2. The molecule has 0 saturated carbocycles. The van der Waals surface area contributed by atoms with E-state index in [4.69, 9.17) is 5.73 Å². The van der Waals surface area contributed by atoms with Crippen LogP contribution in [-0.2, 0) is 4.79 Å². The fourth-order valence-corrected chi connectivity index (χ4v) is 2.97. The van der Waals surface area contributed by atoms with E-state index >= 15 is 0 Å². The van der Waals surface area contributed by atoms with Gasteiger partial charge in [0.25, 0.3) is 0 Å². The van der Waals surface area contributed by atoms with E-state index in [9.17, 15) is 9.90 Å². The van der Waals surface area contributed by atoms with Gasteiger partial charge in [0.1, 0.15) is 0 Å². The van der Waals surface area contributed by atoms with Gasteiger partial charge in [-0.05, 0) is 38.6 Å². The van der Waals surface area contributed by atoms with E-state index in [0.717, 1.165) is 38.8 Å². The summed E-state index contributed by atoms with van der Waals surface area (Å²) in [5.41, 5.74) is 5.62. The zero-order valence-corrected chi connectivity index (χ0v) is 12.5. The predicted octanol–water partition coefficient (Wildman–Crippen LogP) is 1.76. The van der Waals surface area contributed by atoms with Crippen LogP contribution < -0.4 is 5.73 Å². The maximum absolute atomic E-state index is 12.1. The number of rotatable bonds is 8. The van der Waals surface area contributed by atoms with E-state index in [2.05, 4.69) is 6.92 Å². The number of carbonyl (C=O) groups excluding carboxylic acids is 1. The summed E-state index contributed by atoms with van der Waals surface area (Å²) in [6, 6.07) is 0. The second kappa shape index (κ2) is 8.54. The van der Waals surface area contributed by atoms with Gasteiger partial charge >= 0.3 is 0 Å². The van der Waals surface area contributed by atoms with Gasteiger partial charge in [-0.2, -0.15) is 0 Å². The predicted molar refractivity (Wildman–Crippen MR) is 77.7 cm³/mol. The van der Waals surface area contributed by atoms with Crippen molar-refractivity contribution in [1.29, 1.82) is 0 Å². The van der Waals surface area contributed by atoms with Gasteiger partial charge in [0.05, 0.1) is 6.10 Å². The number of aliphatic hydroxyl groups excluding tert-OH is 1. The summed E-state index contributed by atoms with van der Waals surface area (Å²) >= 11 is 0. The van der Waals surface area contributed by atoms with Crippen LogP contribution in [0.1, 0.15) is 52.4 Å². The molecule has 1 fully saturated rings. The summed E-state index contributed by atoms with van der Waals surface area (Å²) < 4.78 is 0. The van der Waals surface area contributed by atoms with Crippen molar-refractivity contribution in [2.45, 2.75) is 58.5 Å². The topological polar surface area (TPSA) is 66.6 Å². The molecule has 3 atom stereocenters. The first kappa shape index (κ1) is 16.4. The Balaban J connectivity index is 2.30. The molecular weight excluding hydrogens is 240 g/mol. The first-order chi connectivity index (χ1) is 9.08. The van der Waals surface area contributed by atoms with Crippen LogP contribution in [0.3, 0.4) is 0 Å². The first-order valence-electron chi connectivity index (χ1n) is 7.74. The molecular formula is C15H30N2O2. The first-order valence-corrected chi connectivity index (χ1v) is 7.74. The third-order valence-electron chi connectivity index (χ3n) is 4.30. The number of aliphatic hydroxyl groups is 1. The van der Waals surface area contributed by atoms with Gasteiger partial charge in [-0.25, -0.2) is 0 Å². The number of nitrogens with two attached hydrogens (primary N) is 1. The average molecular weight is 270 g/mol. The fraction of sp³-hybridized carbons (Fsp3) is 0.933. The minimum absolute atomic E-state index is 0.251. The lowest BCUT2D eigenvalue weighted by Gasteiger charge is -2.20. The van der Waals surface area contributed by atoms with Crippen LogP contribution in [0.4, 0.5) is 0 Å². The Morgan fingerprint density at radius 1 is 1.42 bits per heavy atom. The Bertz CT molecular complexity index is 263. The van der Waals surface area contributed by atoms with E-state index in [-0.39, 0.29) is 17.9 Å². The van der Waals surface area contributed by atoms with Crippen LogP contribution in [0.25, 0.3) is 0 Å². The molecule has 0 spiro atoms. The molecule has 1 amide bonds. The zero-order chi connectivity index (χ0) is 14.3. The van der Waals surface area contributed by atoms with Crippen molar-refractivity contribution < 1.29 is 9.90 Å². The molecule has 4 heteroatoms. The Kier molecular flexibility index (Phi) is 7.39. The lowest BCUT2D eigenvalue weighted by Crippen LogP contribution is -2.30.